The minimum absolute atomic E-state index is 0.0242. The van der Waals surface area contributed by atoms with Crippen LogP contribution in [0.4, 0.5) is 4.79 Å². The van der Waals surface area contributed by atoms with E-state index in [2.05, 4.69) is 24.3 Å². The molecule has 1 aliphatic heterocycles. The van der Waals surface area contributed by atoms with Crippen LogP contribution in [0.15, 0.2) is 71.5 Å². The Hall–Kier alpha value is -3.54. The Morgan fingerprint density at radius 2 is 1.67 bits per heavy atom. The monoisotopic (exact) mass is 403 g/mol. The molecule has 1 fully saturated rings. The van der Waals surface area contributed by atoms with Gasteiger partial charge in [-0.3, -0.25) is 4.79 Å². The zero-order valence-electron chi connectivity index (χ0n) is 16.2. The number of furan rings is 1. The van der Waals surface area contributed by atoms with Crippen molar-refractivity contribution in [2.24, 2.45) is 5.92 Å². The van der Waals surface area contributed by atoms with Crippen LogP contribution in [0, 0.1) is 5.92 Å². The average molecular weight is 403 g/mol. The van der Waals surface area contributed by atoms with Crippen LogP contribution >= 0.6 is 0 Å². The van der Waals surface area contributed by atoms with Gasteiger partial charge in [0.15, 0.2) is 0 Å². The highest BCUT2D eigenvalue weighted by atomic mass is 16.6. The lowest BCUT2D eigenvalue weighted by Crippen LogP contribution is -2.31. The van der Waals surface area contributed by atoms with Gasteiger partial charge in [-0.15, -0.1) is 0 Å². The van der Waals surface area contributed by atoms with Crippen molar-refractivity contribution >= 4 is 12.1 Å². The lowest BCUT2D eigenvalue weighted by molar-refractivity contribution is -0.141. The van der Waals surface area contributed by atoms with Crippen molar-refractivity contribution in [1.29, 1.82) is 0 Å². The van der Waals surface area contributed by atoms with E-state index in [1.165, 1.54) is 22.3 Å². The smallest absolute Gasteiger partial charge is 0.409 e. The molecule has 2 aliphatic rings. The van der Waals surface area contributed by atoms with Gasteiger partial charge in [-0.2, -0.15) is 0 Å². The van der Waals surface area contributed by atoms with Gasteiger partial charge in [-0.1, -0.05) is 48.5 Å². The number of carbonyl (C=O) groups is 2. The van der Waals surface area contributed by atoms with Crippen molar-refractivity contribution in [1.82, 2.24) is 4.90 Å². The van der Waals surface area contributed by atoms with Gasteiger partial charge in [0.05, 0.1) is 18.4 Å². The molecule has 1 aliphatic carbocycles. The van der Waals surface area contributed by atoms with E-state index in [0.717, 1.165) is 16.7 Å². The molecular weight excluding hydrogens is 382 g/mol. The summed E-state index contributed by atoms with van der Waals surface area (Å²) in [5.74, 6) is -1.93. The first-order chi connectivity index (χ1) is 14.6. The zero-order chi connectivity index (χ0) is 20.7. The summed E-state index contributed by atoms with van der Waals surface area (Å²) in [6, 6.07) is 18.1. The number of rotatable bonds is 4. The maximum atomic E-state index is 12.8. The van der Waals surface area contributed by atoms with Crippen molar-refractivity contribution in [2.75, 3.05) is 19.7 Å². The highest BCUT2D eigenvalue weighted by molar-refractivity contribution is 5.79. The van der Waals surface area contributed by atoms with Gasteiger partial charge in [0, 0.05) is 24.9 Å². The summed E-state index contributed by atoms with van der Waals surface area (Å²) in [4.78, 5) is 26.0. The maximum absolute atomic E-state index is 12.8. The van der Waals surface area contributed by atoms with E-state index in [1.807, 2.05) is 24.3 Å². The van der Waals surface area contributed by atoms with Crippen molar-refractivity contribution < 1.29 is 23.8 Å². The number of likely N-dealkylation sites (tertiary alicyclic amines) is 1. The molecule has 5 rings (SSSR count). The van der Waals surface area contributed by atoms with Crippen LogP contribution in [-0.4, -0.2) is 41.8 Å². The molecule has 0 radical (unpaired) electrons. The number of hydrogen-bond acceptors (Lipinski definition) is 4. The second-order valence-electron chi connectivity index (χ2n) is 7.82. The highest BCUT2D eigenvalue weighted by Crippen LogP contribution is 2.44. The Morgan fingerprint density at radius 3 is 2.27 bits per heavy atom. The molecule has 2 unspecified atom stereocenters. The first-order valence-electron chi connectivity index (χ1n) is 9.98. The first-order valence-corrected chi connectivity index (χ1v) is 9.98. The van der Waals surface area contributed by atoms with Crippen LogP contribution in [0.1, 0.15) is 28.5 Å². The average Bonchev–Trinajstić information content (AvgIpc) is 3.49. The van der Waals surface area contributed by atoms with Gasteiger partial charge in [-0.05, 0) is 33.9 Å². The summed E-state index contributed by atoms with van der Waals surface area (Å²) in [5.41, 5.74) is 5.42. The van der Waals surface area contributed by atoms with Crippen molar-refractivity contribution in [3.8, 4) is 11.1 Å². The van der Waals surface area contributed by atoms with Gasteiger partial charge >= 0.3 is 12.1 Å². The molecule has 2 atom stereocenters. The Labute approximate surface area is 173 Å². The van der Waals surface area contributed by atoms with Gasteiger partial charge < -0.3 is 19.2 Å². The highest BCUT2D eigenvalue weighted by Gasteiger charge is 2.42. The number of ether oxygens (including phenoxy) is 1. The van der Waals surface area contributed by atoms with Crippen LogP contribution in [0.5, 0.6) is 0 Å². The maximum Gasteiger partial charge on any atom is 0.409 e. The van der Waals surface area contributed by atoms with Crippen molar-refractivity contribution in [3.63, 3.8) is 0 Å². The van der Waals surface area contributed by atoms with Gasteiger partial charge in [0.1, 0.15) is 6.61 Å². The van der Waals surface area contributed by atoms with Crippen LogP contribution in [0.3, 0.4) is 0 Å². The Bertz CT molecular complexity index is 1040. The van der Waals surface area contributed by atoms with E-state index in [0.29, 0.717) is 6.54 Å². The summed E-state index contributed by atoms with van der Waals surface area (Å²) in [6.45, 7) is 0.645. The molecular formula is C24H21NO5. The van der Waals surface area contributed by atoms with E-state index < -0.39 is 18.0 Å². The lowest BCUT2D eigenvalue weighted by atomic mass is 9.91. The molecule has 2 aromatic carbocycles. The third-order valence-corrected chi connectivity index (χ3v) is 6.20. The molecule has 6 heteroatoms. The van der Waals surface area contributed by atoms with E-state index in [4.69, 9.17) is 9.15 Å². The van der Waals surface area contributed by atoms with E-state index in [1.54, 1.807) is 12.3 Å². The second-order valence-corrected chi connectivity index (χ2v) is 7.82. The third kappa shape index (κ3) is 3.05. The topological polar surface area (TPSA) is 80.0 Å². The number of carboxylic acids is 1. The Morgan fingerprint density at radius 1 is 1.00 bits per heavy atom. The molecule has 30 heavy (non-hydrogen) atoms. The number of carboxylic acid groups (broad SMARTS) is 1. The lowest BCUT2D eigenvalue weighted by Gasteiger charge is -2.19. The second kappa shape index (κ2) is 7.37. The fourth-order valence-corrected chi connectivity index (χ4v) is 4.71. The van der Waals surface area contributed by atoms with Gasteiger partial charge in [0.25, 0.3) is 0 Å². The van der Waals surface area contributed by atoms with Gasteiger partial charge in [0.2, 0.25) is 0 Å². The molecule has 1 amide bonds. The molecule has 1 saturated heterocycles. The summed E-state index contributed by atoms with van der Waals surface area (Å²) >= 11 is 0. The number of carbonyl (C=O) groups excluding carboxylic acids is 1. The summed E-state index contributed by atoms with van der Waals surface area (Å²) < 4.78 is 10.8. The van der Waals surface area contributed by atoms with E-state index >= 15 is 0 Å². The molecule has 6 nitrogen and oxygen atoms in total. The molecule has 1 aromatic heterocycles. The standard InChI is InChI=1S/C24H21NO5/c26-23(27)21-12-25(11-20(21)15-9-10-29-13-15)24(28)30-14-22-18-7-3-1-5-16(18)17-6-2-4-8-19(17)22/h1-10,13,20-22H,11-12,14H2,(H,26,27). The minimum Gasteiger partial charge on any atom is -0.481 e. The minimum atomic E-state index is -0.921. The molecule has 2 heterocycles. The van der Waals surface area contributed by atoms with Crippen LogP contribution in [0.25, 0.3) is 11.1 Å². The summed E-state index contributed by atoms with van der Waals surface area (Å²) in [5, 5.41) is 9.59. The molecule has 152 valence electrons. The molecule has 1 N–H and O–H groups in total. The number of aliphatic carboxylic acids is 1. The quantitative estimate of drug-likeness (QED) is 0.701. The zero-order valence-corrected chi connectivity index (χ0v) is 16.2. The van der Waals surface area contributed by atoms with E-state index in [9.17, 15) is 14.7 Å². The molecule has 0 saturated carbocycles. The SMILES string of the molecule is O=C(O)C1CN(C(=O)OCC2c3ccccc3-c3ccccc32)CC1c1ccoc1. The predicted molar refractivity (Wildman–Crippen MR) is 109 cm³/mol. The number of nitrogens with zero attached hydrogens (tertiary/aromatic N) is 1. The van der Waals surface area contributed by atoms with Crippen LogP contribution in [0.2, 0.25) is 0 Å². The Balaban J connectivity index is 1.32. The predicted octanol–water partition coefficient (Wildman–Crippen LogP) is 4.33. The van der Waals surface area contributed by atoms with Crippen molar-refractivity contribution in [3.05, 3.63) is 83.8 Å². The van der Waals surface area contributed by atoms with E-state index in [-0.39, 0.29) is 25.0 Å². The molecule has 0 bridgehead atoms. The molecule has 3 aromatic rings. The third-order valence-electron chi connectivity index (χ3n) is 6.20. The first kappa shape index (κ1) is 18.5. The van der Waals surface area contributed by atoms with Crippen LogP contribution < -0.4 is 0 Å². The number of benzene rings is 2. The van der Waals surface area contributed by atoms with Gasteiger partial charge in [-0.25, -0.2) is 4.79 Å². The normalized spacial score (nSPS) is 20.1. The molecule has 0 spiro atoms. The number of hydrogen-bond donors (Lipinski definition) is 1. The largest absolute Gasteiger partial charge is 0.481 e. The number of fused-ring (bicyclic) bond motifs is 3. The fraction of sp³-hybridized carbons (Fsp3) is 0.250. The summed E-state index contributed by atoms with van der Waals surface area (Å²) in [6.07, 6.45) is 2.58. The van der Waals surface area contributed by atoms with Crippen LogP contribution in [-0.2, 0) is 9.53 Å². The summed E-state index contributed by atoms with van der Waals surface area (Å²) in [7, 11) is 0. The fourth-order valence-electron chi connectivity index (χ4n) is 4.71. The number of amides is 1. The van der Waals surface area contributed by atoms with Crippen molar-refractivity contribution in [2.45, 2.75) is 11.8 Å². The Kier molecular flexibility index (Phi) is 4.54.